The number of rotatable bonds is 5. The van der Waals surface area contributed by atoms with Crippen molar-refractivity contribution in [2.24, 2.45) is 0 Å². The third kappa shape index (κ3) is 4.82. The molecule has 2 heteroatoms. The van der Waals surface area contributed by atoms with E-state index in [1.165, 1.54) is 50.5 Å². The molecular weight excluding hydrogens is 246 g/mol. The SMILES string of the molecule is CCCNC1CCCCCCC1Oc1cccc(C)c1. The highest BCUT2D eigenvalue weighted by Crippen LogP contribution is 2.23. The Balaban J connectivity index is 2.01. The minimum Gasteiger partial charge on any atom is -0.489 e. The topological polar surface area (TPSA) is 21.3 Å². The fraction of sp³-hybridized carbons (Fsp3) is 0.667. The lowest BCUT2D eigenvalue weighted by Gasteiger charge is -2.31. The second-order valence-electron chi connectivity index (χ2n) is 6.02. The van der Waals surface area contributed by atoms with Crippen LogP contribution in [-0.2, 0) is 0 Å². The molecule has 2 rings (SSSR count). The van der Waals surface area contributed by atoms with Gasteiger partial charge in [0.25, 0.3) is 0 Å². The first-order valence-corrected chi connectivity index (χ1v) is 8.26. The third-order valence-electron chi connectivity index (χ3n) is 4.14. The third-order valence-corrected chi connectivity index (χ3v) is 4.14. The fourth-order valence-electron chi connectivity index (χ4n) is 3.02. The molecule has 1 aromatic carbocycles. The van der Waals surface area contributed by atoms with E-state index in [4.69, 9.17) is 4.74 Å². The van der Waals surface area contributed by atoms with Crippen LogP contribution in [0.4, 0.5) is 0 Å². The zero-order chi connectivity index (χ0) is 14.2. The first-order valence-electron chi connectivity index (χ1n) is 8.26. The summed E-state index contributed by atoms with van der Waals surface area (Å²) < 4.78 is 6.32. The zero-order valence-corrected chi connectivity index (χ0v) is 13.0. The van der Waals surface area contributed by atoms with E-state index < -0.39 is 0 Å². The van der Waals surface area contributed by atoms with E-state index in [1.54, 1.807) is 0 Å². The van der Waals surface area contributed by atoms with Gasteiger partial charge < -0.3 is 10.1 Å². The van der Waals surface area contributed by atoms with Gasteiger partial charge in [0.05, 0.1) is 0 Å². The predicted molar refractivity (Wildman–Crippen MR) is 85.4 cm³/mol. The van der Waals surface area contributed by atoms with Gasteiger partial charge in [0, 0.05) is 6.04 Å². The summed E-state index contributed by atoms with van der Waals surface area (Å²) in [6, 6.07) is 8.95. The Labute approximate surface area is 123 Å². The summed E-state index contributed by atoms with van der Waals surface area (Å²) in [5.41, 5.74) is 1.27. The first-order chi connectivity index (χ1) is 9.79. The van der Waals surface area contributed by atoms with E-state index in [9.17, 15) is 0 Å². The predicted octanol–water partition coefficient (Wildman–Crippen LogP) is 4.46. The van der Waals surface area contributed by atoms with Crippen LogP contribution < -0.4 is 10.1 Å². The van der Waals surface area contributed by atoms with Crippen LogP contribution in [0.1, 0.15) is 57.4 Å². The van der Waals surface area contributed by atoms with Crippen LogP contribution in [0, 0.1) is 6.92 Å². The highest BCUT2D eigenvalue weighted by molar-refractivity contribution is 5.27. The van der Waals surface area contributed by atoms with Crippen LogP contribution in [-0.4, -0.2) is 18.7 Å². The Morgan fingerprint density at radius 2 is 1.95 bits per heavy atom. The fourth-order valence-corrected chi connectivity index (χ4v) is 3.02. The molecule has 1 saturated carbocycles. The summed E-state index contributed by atoms with van der Waals surface area (Å²) in [6.07, 6.45) is 9.29. The van der Waals surface area contributed by atoms with E-state index in [0.29, 0.717) is 12.1 Å². The van der Waals surface area contributed by atoms with Gasteiger partial charge >= 0.3 is 0 Å². The van der Waals surface area contributed by atoms with Crippen molar-refractivity contribution in [2.45, 2.75) is 70.9 Å². The molecule has 0 amide bonds. The minimum absolute atomic E-state index is 0.323. The van der Waals surface area contributed by atoms with Crippen LogP contribution in [0.25, 0.3) is 0 Å². The van der Waals surface area contributed by atoms with Crippen LogP contribution in [0.3, 0.4) is 0 Å². The Morgan fingerprint density at radius 1 is 1.15 bits per heavy atom. The highest BCUT2D eigenvalue weighted by Gasteiger charge is 2.23. The van der Waals surface area contributed by atoms with Crippen LogP contribution in [0.15, 0.2) is 24.3 Å². The largest absolute Gasteiger partial charge is 0.489 e. The van der Waals surface area contributed by atoms with Crippen molar-refractivity contribution in [3.8, 4) is 5.75 Å². The Bertz CT molecular complexity index is 389. The Kier molecular flexibility index (Phi) is 6.38. The van der Waals surface area contributed by atoms with Gasteiger partial charge in [-0.05, 0) is 56.8 Å². The number of aryl methyl sites for hydroxylation is 1. The molecule has 112 valence electrons. The quantitative estimate of drug-likeness (QED) is 0.856. The summed E-state index contributed by atoms with van der Waals surface area (Å²) in [7, 11) is 0. The number of nitrogens with one attached hydrogen (secondary N) is 1. The molecule has 0 aromatic heterocycles. The van der Waals surface area contributed by atoms with E-state index >= 15 is 0 Å². The van der Waals surface area contributed by atoms with Gasteiger partial charge in [0.15, 0.2) is 0 Å². The first kappa shape index (κ1) is 15.4. The molecule has 1 aromatic rings. The van der Waals surface area contributed by atoms with Crippen molar-refractivity contribution in [2.75, 3.05) is 6.54 Å². The summed E-state index contributed by atoms with van der Waals surface area (Å²) >= 11 is 0. The van der Waals surface area contributed by atoms with Crippen molar-refractivity contribution in [3.63, 3.8) is 0 Å². The van der Waals surface area contributed by atoms with E-state index in [1.807, 2.05) is 0 Å². The monoisotopic (exact) mass is 275 g/mol. The average molecular weight is 275 g/mol. The standard InChI is InChI=1S/C18H29NO/c1-3-13-19-17-11-6-4-5-7-12-18(17)20-16-10-8-9-15(2)14-16/h8-10,14,17-19H,3-7,11-13H2,1-2H3. The molecule has 0 radical (unpaired) electrons. The molecule has 1 aliphatic rings. The van der Waals surface area contributed by atoms with Crippen molar-refractivity contribution in [3.05, 3.63) is 29.8 Å². The molecule has 20 heavy (non-hydrogen) atoms. The smallest absolute Gasteiger partial charge is 0.120 e. The lowest BCUT2D eigenvalue weighted by Crippen LogP contribution is -2.44. The lowest BCUT2D eigenvalue weighted by molar-refractivity contribution is 0.127. The number of benzene rings is 1. The minimum atomic E-state index is 0.323. The van der Waals surface area contributed by atoms with Gasteiger partial charge in [-0.15, -0.1) is 0 Å². The zero-order valence-electron chi connectivity index (χ0n) is 13.0. The average Bonchev–Trinajstić information content (AvgIpc) is 2.41. The van der Waals surface area contributed by atoms with Crippen molar-refractivity contribution in [1.82, 2.24) is 5.32 Å². The summed E-state index contributed by atoms with van der Waals surface area (Å²) in [4.78, 5) is 0. The molecule has 2 atom stereocenters. The number of hydrogen-bond acceptors (Lipinski definition) is 2. The summed E-state index contributed by atoms with van der Waals surface area (Å²) in [6.45, 7) is 5.45. The maximum atomic E-state index is 6.32. The van der Waals surface area contributed by atoms with Gasteiger partial charge in [-0.25, -0.2) is 0 Å². The molecule has 1 N–H and O–H groups in total. The molecule has 0 aliphatic heterocycles. The van der Waals surface area contributed by atoms with Crippen LogP contribution in [0.5, 0.6) is 5.75 Å². The molecule has 0 spiro atoms. The van der Waals surface area contributed by atoms with E-state index in [-0.39, 0.29) is 0 Å². The second-order valence-corrected chi connectivity index (χ2v) is 6.02. The second kappa shape index (κ2) is 8.31. The molecule has 0 saturated heterocycles. The molecular formula is C18H29NO. The van der Waals surface area contributed by atoms with Crippen molar-refractivity contribution in [1.29, 1.82) is 0 Å². The van der Waals surface area contributed by atoms with E-state index in [2.05, 4.69) is 43.4 Å². The molecule has 2 nitrogen and oxygen atoms in total. The molecule has 0 heterocycles. The Hall–Kier alpha value is -1.02. The number of hydrogen-bond donors (Lipinski definition) is 1. The maximum Gasteiger partial charge on any atom is 0.120 e. The number of ether oxygens (including phenoxy) is 1. The molecule has 1 aliphatic carbocycles. The van der Waals surface area contributed by atoms with Gasteiger partial charge in [0.1, 0.15) is 11.9 Å². The van der Waals surface area contributed by atoms with E-state index in [0.717, 1.165) is 12.3 Å². The maximum absolute atomic E-state index is 6.32. The molecule has 2 unspecified atom stereocenters. The highest BCUT2D eigenvalue weighted by atomic mass is 16.5. The molecule has 1 fully saturated rings. The van der Waals surface area contributed by atoms with Crippen molar-refractivity contribution >= 4 is 0 Å². The summed E-state index contributed by atoms with van der Waals surface area (Å²) in [5.74, 6) is 1.03. The van der Waals surface area contributed by atoms with Gasteiger partial charge in [-0.2, -0.15) is 0 Å². The van der Waals surface area contributed by atoms with Gasteiger partial charge in [0.2, 0.25) is 0 Å². The van der Waals surface area contributed by atoms with Crippen LogP contribution >= 0.6 is 0 Å². The lowest BCUT2D eigenvalue weighted by atomic mass is 9.94. The Morgan fingerprint density at radius 3 is 2.70 bits per heavy atom. The molecule has 0 bridgehead atoms. The van der Waals surface area contributed by atoms with Gasteiger partial charge in [-0.1, -0.05) is 38.3 Å². The van der Waals surface area contributed by atoms with Gasteiger partial charge in [-0.3, -0.25) is 0 Å². The van der Waals surface area contributed by atoms with Crippen molar-refractivity contribution < 1.29 is 4.74 Å². The normalized spacial score (nSPS) is 23.9. The van der Waals surface area contributed by atoms with Crippen LogP contribution in [0.2, 0.25) is 0 Å². The summed E-state index contributed by atoms with van der Waals surface area (Å²) in [5, 5.41) is 3.70.